The minimum Gasteiger partial charge on any atom is -0.456 e. The van der Waals surface area contributed by atoms with Gasteiger partial charge in [0.25, 0.3) is 0 Å². The zero-order valence-corrected chi connectivity index (χ0v) is 39.8. The molecule has 1 aromatic heterocycles. The Morgan fingerprint density at radius 3 is 1.16 bits per heavy atom. The van der Waals surface area contributed by atoms with Crippen LogP contribution in [0.2, 0.25) is 0 Å². The molecule has 0 radical (unpaired) electrons. The summed E-state index contributed by atoms with van der Waals surface area (Å²) in [5, 5.41) is 2.23. The van der Waals surface area contributed by atoms with Crippen LogP contribution in [0.4, 0.5) is 51.2 Å². The summed E-state index contributed by atoms with van der Waals surface area (Å²) in [4.78, 5) is 7.19. The highest BCUT2D eigenvalue weighted by Crippen LogP contribution is 2.54. The fraction of sp³-hybridized carbons (Fsp3) is 0.0909. The molecule has 0 amide bonds. The van der Waals surface area contributed by atoms with Gasteiger partial charge in [-0.2, -0.15) is 0 Å². The average Bonchev–Trinajstić information content (AvgIpc) is 3.78. The molecule has 0 aliphatic carbocycles. The van der Waals surface area contributed by atoms with Gasteiger partial charge in [-0.1, -0.05) is 167 Å². The Bertz CT molecular complexity index is 3510. The third kappa shape index (κ3) is 6.58. The van der Waals surface area contributed by atoms with E-state index in [-0.39, 0.29) is 10.8 Å². The third-order valence-corrected chi connectivity index (χ3v) is 15.0. The van der Waals surface area contributed by atoms with E-state index in [1.54, 1.807) is 0 Å². The van der Waals surface area contributed by atoms with E-state index in [2.05, 4.69) is 267 Å². The van der Waals surface area contributed by atoms with Crippen molar-refractivity contribution in [1.82, 2.24) is 0 Å². The van der Waals surface area contributed by atoms with Crippen molar-refractivity contribution in [3.8, 4) is 22.3 Å². The summed E-state index contributed by atoms with van der Waals surface area (Å²) >= 11 is 0. The van der Waals surface area contributed by atoms with Crippen molar-refractivity contribution in [2.24, 2.45) is 0 Å². The van der Waals surface area contributed by atoms with Gasteiger partial charge >= 0.3 is 0 Å². The normalized spacial score (nSPS) is 14.2. The van der Waals surface area contributed by atoms with Crippen molar-refractivity contribution in [2.75, 3.05) is 14.7 Å². The molecule has 0 N–H and O–H groups in total. The number of para-hydroxylation sites is 5. The summed E-state index contributed by atoms with van der Waals surface area (Å²) in [5.41, 5.74) is 21.7. The Morgan fingerprint density at radius 2 is 0.700 bits per heavy atom. The van der Waals surface area contributed by atoms with Crippen molar-refractivity contribution in [3.63, 3.8) is 0 Å². The summed E-state index contributed by atoms with van der Waals surface area (Å²) in [6.45, 7) is 9.34. The van der Waals surface area contributed by atoms with Gasteiger partial charge in [-0.3, -0.25) is 0 Å². The molecule has 13 rings (SSSR count). The molecule has 2 aliphatic rings. The summed E-state index contributed by atoms with van der Waals surface area (Å²) in [7, 11) is 0. The number of hydrogen-bond donors (Lipinski definition) is 0. The molecule has 70 heavy (non-hydrogen) atoms. The molecule has 2 aliphatic heterocycles. The first-order valence-corrected chi connectivity index (χ1v) is 24.3. The molecule has 0 saturated carbocycles. The third-order valence-electron chi connectivity index (χ3n) is 15.0. The van der Waals surface area contributed by atoms with Crippen LogP contribution in [-0.4, -0.2) is 0 Å². The molecule has 0 saturated heterocycles. The quantitative estimate of drug-likeness (QED) is 0.159. The number of nitrogens with zero attached hydrogens (tertiary/aromatic N) is 3. The van der Waals surface area contributed by atoms with Crippen LogP contribution < -0.4 is 14.7 Å². The van der Waals surface area contributed by atoms with E-state index in [9.17, 15) is 0 Å². The van der Waals surface area contributed by atoms with Gasteiger partial charge in [0, 0.05) is 56.1 Å². The van der Waals surface area contributed by atoms with E-state index in [1.807, 2.05) is 12.1 Å². The molecule has 0 atom stereocenters. The molecular formula is C66H51N3O. The molecule has 0 spiro atoms. The smallest absolute Gasteiger partial charge is 0.137 e. The van der Waals surface area contributed by atoms with Crippen LogP contribution in [0.3, 0.4) is 0 Å². The largest absolute Gasteiger partial charge is 0.456 e. The molecule has 10 aromatic carbocycles. The Labute approximate surface area is 410 Å². The summed E-state index contributed by atoms with van der Waals surface area (Å²) in [5.74, 6) is 0. The molecule has 336 valence electrons. The topological polar surface area (TPSA) is 22.9 Å². The maximum atomic E-state index is 6.47. The molecule has 0 bridgehead atoms. The van der Waals surface area contributed by atoms with E-state index < -0.39 is 0 Å². The van der Waals surface area contributed by atoms with Crippen molar-refractivity contribution in [1.29, 1.82) is 0 Å². The molecule has 0 unspecified atom stereocenters. The highest BCUT2D eigenvalue weighted by Gasteiger charge is 2.38. The van der Waals surface area contributed by atoms with Crippen molar-refractivity contribution < 1.29 is 4.42 Å². The van der Waals surface area contributed by atoms with Gasteiger partial charge in [-0.15, -0.1) is 0 Å². The van der Waals surface area contributed by atoms with Gasteiger partial charge in [0.1, 0.15) is 11.2 Å². The molecule has 3 heterocycles. The van der Waals surface area contributed by atoms with Gasteiger partial charge in [-0.05, 0) is 136 Å². The minimum absolute atomic E-state index is 0.116. The first-order valence-electron chi connectivity index (χ1n) is 24.3. The van der Waals surface area contributed by atoms with Crippen molar-refractivity contribution in [3.05, 3.63) is 259 Å². The summed E-state index contributed by atoms with van der Waals surface area (Å²) in [6, 6.07) is 86.1. The van der Waals surface area contributed by atoms with Crippen LogP contribution in [0.1, 0.15) is 49.9 Å². The second kappa shape index (κ2) is 16.0. The predicted molar refractivity (Wildman–Crippen MR) is 293 cm³/mol. The summed E-state index contributed by atoms with van der Waals surface area (Å²) in [6.07, 6.45) is 0. The maximum absolute atomic E-state index is 6.47. The van der Waals surface area contributed by atoms with Crippen LogP contribution in [0.25, 0.3) is 44.2 Å². The Kier molecular flexibility index (Phi) is 9.50. The number of hydrogen-bond acceptors (Lipinski definition) is 4. The number of furan rings is 1. The Balaban J connectivity index is 0.869. The van der Waals surface area contributed by atoms with Crippen LogP contribution in [0.5, 0.6) is 0 Å². The van der Waals surface area contributed by atoms with Crippen LogP contribution >= 0.6 is 0 Å². The van der Waals surface area contributed by atoms with Gasteiger partial charge in [-0.25, -0.2) is 0 Å². The number of benzene rings is 10. The highest BCUT2D eigenvalue weighted by molar-refractivity contribution is 6.06. The van der Waals surface area contributed by atoms with Crippen LogP contribution in [0.15, 0.2) is 241 Å². The summed E-state index contributed by atoms with van der Waals surface area (Å²) < 4.78 is 6.47. The molecule has 4 nitrogen and oxygen atoms in total. The lowest BCUT2D eigenvalue weighted by Gasteiger charge is -2.42. The van der Waals surface area contributed by atoms with Crippen molar-refractivity contribution >= 4 is 73.1 Å². The van der Waals surface area contributed by atoms with Crippen molar-refractivity contribution in [2.45, 2.75) is 38.5 Å². The van der Waals surface area contributed by atoms with E-state index >= 15 is 0 Å². The van der Waals surface area contributed by atoms with Gasteiger partial charge in [0.15, 0.2) is 0 Å². The van der Waals surface area contributed by atoms with Gasteiger partial charge < -0.3 is 19.1 Å². The lowest BCUT2D eigenvalue weighted by molar-refractivity contribution is 0.632. The second-order valence-electron chi connectivity index (χ2n) is 19.8. The number of anilines is 9. The molecule has 4 heteroatoms. The van der Waals surface area contributed by atoms with Crippen LogP contribution in [-0.2, 0) is 10.8 Å². The van der Waals surface area contributed by atoms with Gasteiger partial charge in [0.05, 0.1) is 22.7 Å². The lowest BCUT2D eigenvalue weighted by Crippen LogP contribution is -2.30. The van der Waals surface area contributed by atoms with E-state index in [0.717, 1.165) is 72.6 Å². The fourth-order valence-corrected chi connectivity index (χ4v) is 11.5. The Morgan fingerprint density at radius 1 is 0.314 bits per heavy atom. The average molecular weight is 902 g/mol. The van der Waals surface area contributed by atoms with E-state index in [1.165, 1.54) is 45.0 Å². The standard InChI is InChI=1S/C66H51N3O/c1-65(2)55-22-6-10-26-59(55)68(60-27-11-7-23-56(60)65)50-19-15-17-46(41-50)44-31-35-48(36-32-44)67(52-39-40-54-53-21-5-14-30-63(53)70-64(54)43-52)49-37-33-45(34-38-49)47-18-16-20-51(42-47)69-61-28-12-8-24-57(61)66(3,4)58-25-9-13-29-62(58)69/h5-43H,1-4H3. The SMILES string of the molecule is CC1(C)c2ccccc2N(c2cccc(-c3ccc(N(c4ccc(-c5cccc(N6c7ccccc7C(C)(C)c7ccccc76)c5)cc4)c4ccc5c(c4)oc4ccccc45)cc3)c2)c2ccccc21. The molecule has 0 fully saturated rings. The highest BCUT2D eigenvalue weighted by atomic mass is 16.3. The minimum atomic E-state index is -0.116. The zero-order valence-electron chi connectivity index (χ0n) is 39.8. The first kappa shape index (κ1) is 41.6. The zero-order chi connectivity index (χ0) is 47.1. The van der Waals surface area contributed by atoms with Crippen LogP contribution in [0, 0.1) is 0 Å². The van der Waals surface area contributed by atoms with E-state index in [0.29, 0.717) is 0 Å². The Hall–Kier alpha value is -8.60. The number of fused-ring (bicyclic) bond motifs is 7. The maximum Gasteiger partial charge on any atom is 0.137 e. The molecule has 11 aromatic rings. The van der Waals surface area contributed by atoms with E-state index in [4.69, 9.17) is 4.42 Å². The fourth-order valence-electron chi connectivity index (χ4n) is 11.5. The monoisotopic (exact) mass is 901 g/mol. The van der Waals surface area contributed by atoms with Gasteiger partial charge in [0.2, 0.25) is 0 Å². The predicted octanol–water partition coefficient (Wildman–Crippen LogP) is 18.6. The second-order valence-corrected chi connectivity index (χ2v) is 19.8. The number of rotatable bonds is 7. The lowest BCUT2D eigenvalue weighted by atomic mass is 9.73. The molecular weight excluding hydrogens is 851 g/mol. The first-order chi connectivity index (χ1) is 34.2.